The van der Waals surface area contributed by atoms with E-state index in [-0.39, 0.29) is 6.10 Å². The van der Waals surface area contributed by atoms with Crippen LogP contribution in [0.1, 0.15) is 39.0 Å². The molecule has 88 valence electrons. The van der Waals surface area contributed by atoms with Gasteiger partial charge >= 0.3 is 0 Å². The molecule has 2 aliphatic rings. The molecule has 0 aromatic rings. The van der Waals surface area contributed by atoms with E-state index in [1.807, 2.05) is 0 Å². The summed E-state index contributed by atoms with van der Waals surface area (Å²) in [6.45, 7) is 4.18. The van der Waals surface area contributed by atoms with Crippen LogP contribution in [-0.2, 0) is 0 Å². The van der Waals surface area contributed by atoms with Gasteiger partial charge in [-0.3, -0.25) is 4.90 Å². The summed E-state index contributed by atoms with van der Waals surface area (Å²) in [6.07, 6.45) is 5.75. The Morgan fingerprint density at radius 2 is 2.07 bits per heavy atom. The molecular weight excluding hydrogens is 188 g/mol. The number of aliphatic hydroxyl groups excluding tert-OH is 1. The zero-order valence-corrected chi connectivity index (χ0v) is 9.73. The van der Waals surface area contributed by atoms with Gasteiger partial charge in [-0.1, -0.05) is 0 Å². The normalized spacial score (nSPS) is 43.4. The lowest BCUT2D eigenvalue weighted by Crippen LogP contribution is -2.51. The van der Waals surface area contributed by atoms with E-state index in [9.17, 15) is 5.11 Å². The maximum Gasteiger partial charge on any atom is 0.0695 e. The molecule has 3 heteroatoms. The fraction of sp³-hybridized carbons (Fsp3) is 1.00. The molecule has 1 heterocycles. The summed E-state index contributed by atoms with van der Waals surface area (Å²) in [7, 11) is 0. The van der Waals surface area contributed by atoms with Crippen LogP contribution in [0, 0.1) is 5.92 Å². The lowest BCUT2D eigenvalue weighted by molar-refractivity contribution is 0.0146. The Bertz CT molecular complexity index is 210. The molecule has 2 fully saturated rings. The van der Waals surface area contributed by atoms with Crippen molar-refractivity contribution < 1.29 is 5.11 Å². The Kier molecular flexibility index (Phi) is 3.65. The summed E-state index contributed by atoms with van der Waals surface area (Å²) < 4.78 is 0. The molecule has 0 aromatic carbocycles. The number of aliphatic hydroxyl groups is 1. The molecule has 3 N–H and O–H groups in total. The Morgan fingerprint density at radius 1 is 1.27 bits per heavy atom. The molecule has 4 unspecified atom stereocenters. The van der Waals surface area contributed by atoms with E-state index >= 15 is 0 Å². The second-order valence-corrected chi connectivity index (χ2v) is 5.29. The van der Waals surface area contributed by atoms with Gasteiger partial charge < -0.3 is 10.8 Å². The molecule has 0 amide bonds. The van der Waals surface area contributed by atoms with Gasteiger partial charge in [-0.2, -0.15) is 0 Å². The Morgan fingerprint density at radius 3 is 2.67 bits per heavy atom. The van der Waals surface area contributed by atoms with E-state index in [0.717, 1.165) is 19.5 Å². The van der Waals surface area contributed by atoms with E-state index in [1.54, 1.807) is 0 Å². The van der Waals surface area contributed by atoms with E-state index in [2.05, 4.69) is 11.8 Å². The van der Waals surface area contributed by atoms with Gasteiger partial charge in [0, 0.05) is 18.6 Å². The average molecular weight is 212 g/mol. The van der Waals surface area contributed by atoms with Crippen LogP contribution in [0.2, 0.25) is 0 Å². The molecule has 0 aromatic heterocycles. The minimum Gasteiger partial charge on any atom is -0.391 e. The average Bonchev–Trinajstić information content (AvgIpc) is 2.65. The van der Waals surface area contributed by atoms with Crippen LogP contribution in [0.4, 0.5) is 0 Å². The quantitative estimate of drug-likeness (QED) is 0.717. The van der Waals surface area contributed by atoms with Crippen molar-refractivity contribution in [2.24, 2.45) is 11.7 Å². The van der Waals surface area contributed by atoms with E-state index in [4.69, 9.17) is 5.73 Å². The van der Waals surface area contributed by atoms with Crippen molar-refractivity contribution in [2.45, 2.75) is 57.2 Å². The summed E-state index contributed by atoms with van der Waals surface area (Å²) in [5.74, 6) is 0.647. The van der Waals surface area contributed by atoms with Crippen LogP contribution in [0.5, 0.6) is 0 Å². The predicted molar refractivity (Wildman–Crippen MR) is 61.6 cm³/mol. The van der Waals surface area contributed by atoms with E-state index in [0.29, 0.717) is 18.0 Å². The molecule has 0 bridgehead atoms. The predicted octanol–water partition coefficient (Wildman–Crippen LogP) is 0.959. The second-order valence-electron chi connectivity index (χ2n) is 5.29. The lowest BCUT2D eigenvalue weighted by atomic mass is 9.91. The molecule has 15 heavy (non-hydrogen) atoms. The van der Waals surface area contributed by atoms with E-state index in [1.165, 1.54) is 25.7 Å². The first-order chi connectivity index (χ1) is 7.22. The summed E-state index contributed by atoms with van der Waals surface area (Å²) in [6, 6.07) is 1.04. The molecule has 1 saturated heterocycles. The summed E-state index contributed by atoms with van der Waals surface area (Å²) in [4.78, 5) is 2.51. The summed E-state index contributed by atoms with van der Waals surface area (Å²) in [5.41, 5.74) is 5.76. The minimum atomic E-state index is -0.0935. The topological polar surface area (TPSA) is 49.5 Å². The third-order valence-electron chi connectivity index (χ3n) is 4.23. The highest BCUT2D eigenvalue weighted by atomic mass is 16.3. The van der Waals surface area contributed by atoms with Gasteiger partial charge in [-0.05, 0) is 51.5 Å². The van der Waals surface area contributed by atoms with Crippen molar-refractivity contribution in [1.29, 1.82) is 0 Å². The lowest BCUT2D eigenvalue weighted by Gasteiger charge is -2.42. The van der Waals surface area contributed by atoms with Gasteiger partial charge in [-0.15, -0.1) is 0 Å². The summed E-state index contributed by atoms with van der Waals surface area (Å²) in [5, 5.41) is 9.95. The maximum absolute atomic E-state index is 9.95. The van der Waals surface area contributed by atoms with Crippen molar-refractivity contribution in [2.75, 3.05) is 13.1 Å². The first-order valence-corrected chi connectivity index (χ1v) is 6.36. The van der Waals surface area contributed by atoms with Crippen LogP contribution in [0.25, 0.3) is 0 Å². The fourth-order valence-corrected chi connectivity index (χ4v) is 3.17. The maximum atomic E-state index is 9.95. The molecule has 1 aliphatic carbocycles. The minimum absolute atomic E-state index is 0.0935. The number of hydrogen-bond donors (Lipinski definition) is 2. The van der Waals surface area contributed by atoms with Crippen LogP contribution >= 0.6 is 0 Å². The molecule has 4 atom stereocenters. The van der Waals surface area contributed by atoms with Crippen molar-refractivity contribution in [1.82, 2.24) is 4.90 Å². The Hall–Kier alpha value is -0.120. The molecule has 2 rings (SSSR count). The third kappa shape index (κ3) is 2.35. The Labute approximate surface area is 92.6 Å². The number of likely N-dealkylation sites (tertiary alicyclic amines) is 1. The monoisotopic (exact) mass is 212 g/mol. The van der Waals surface area contributed by atoms with Crippen LogP contribution in [0.3, 0.4) is 0 Å². The van der Waals surface area contributed by atoms with Gasteiger partial charge in [0.2, 0.25) is 0 Å². The number of nitrogens with zero attached hydrogens (tertiary/aromatic N) is 1. The first kappa shape index (κ1) is 11.4. The zero-order chi connectivity index (χ0) is 10.8. The zero-order valence-electron chi connectivity index (χ0n) is 9.73. The Balaban J connectivity index is 1.98. The number of nitrogens with two attached hydrogens (primary N) is 1. The number of piperidine rings is 1. The molecule has 1 aliphatic heterocycles. The first-order valence-electron chi connectivity index (χ1n) is 6.36. The second kappa shape index (κ2) is 4.81. The standard InChI is InChI=1S/C12H24N2O/c1-9-5-6-10(7-13)8-14(9)11-3-2-4-12(11)15/h9-12,15H,2-8,13H2,1H3. The van der Waals surface area contributed by atoms with Gasteiger partial charge in [0.1, 0.15) is 0 Å². The van der Waals surface area contributed by atoms with E-state index < -0.39 is 0 Å². The third-order valence-corrected chi connectivity index (χ3v) is 4.23. The highest BCUT2D eigenvalue weighted by Gasteiger charge is 2.36. The molecule has 0 radical (unpaired) electrons. The number of rotatable bonds is 2. The molecular formula is C12H24N2O. The van der Waals surface area contributed by atoms with Crippen LogP contribution in [-0.4, -0.2) is 41.3 Å². The highest BCUT2D eigenvalue weighted by molar-refractivity contribution is 4.91. The summed E-state index contributed by atoms with van der Waals surface area (Å²) >= 11 is 0. The van der Waals surface area contributed by atoms with Crippen molar-refractivity contribution in [3.63, 3.8) is 0 Å². The van der Waals surface area contributed by atoms with Crippen LogP contribution in [0.15, 0.2) is 0 Å². The van der Waals surface area contributed by atoms with Gasteiger partial charge in [0.25, 0.3) is 0 Å². The number of hydrogen-bond acceptors (Lipinski definition) is 3. The van der Waals surface area contributed by atoms with Gasteiger partial charge in [0.05, 0.1) is 6.10 Å². The van der Waals surface area contributed by atoms with Crippen LogP contribution < -0.4 is 5.73 Å². The van der Waals surface area contributed by atoms with Crippen molar-refractivity contribution in [3.05, 3.63) is 0 Å². The molecule has 3 nitrogen and oxygen atoms in total. The molecule has 1 saturated carbocycles. The fourth-order valence-electron chi connectivity index (χ4n) is 3.17. The van der Waals surface area contributed by atoms with Crippen molar-refractivity contribution >= 4 is 0 Å². The van der Waals surface area contributed by atoms with Gasteiger partial charge in [0.15, 0.2) is 0 Å². The van der Waals surface area contributed by atoms with Crippen molar-refractivity contribution in [3.8, 4) is 0 Å². The van der Waals surface area contributed by atoms with Gasteiger partial charge in [-0.25, -0.2) is 0 Å². The highest BCUT2D eigenvalue weighted by Crippen LogP contribution is 2.31. The molecule has 0 spiro atoms. The largest absolute Gasteiger partial charge is 0.391 e. The smallest absolute Gasteiger partial charge is 0.0695 e. The SMILES string of the molecule is CC1CCC(CN)CN1C1CCCC1O.